The summed E-state index contributed by atoms with van der Waals surface area (Å²) in [5.74, 6) is 1.75. The fourth-order valence-corrected chi connectivity index (χ4v) is 1.48. The zero-order valence-electron chi connectivity index (χ0n) is 11.3. The minimum absolute atomic E-state index is 0.213. The van der Waals surface area contributed by atoms with Crippen LogP contribution in [0.2, 0.25) is 0 Å². The summed E-state index contributed by atoms with van der Waals surface area (Å²) in [7, 11) is 3.58. The fraction of sp³-hybridized carbons (Fsp3) is 0.667. The predicted octanol–water partition coefficient (Wildman–Crippen LogP) is 1.92. The third-order valence-electron chi connectivity index (χ3n) is 2.77. The highest BCUT2D eigenvalue weighted by Gasteiger charge is 2.17. The van der Waals surface area contributed by atoms with Crippen molar-refractivity contribution < 1.29 is 4.74 Å². The Bertz CT molecular complexity index is 366. The molecule has 0 aliphatic rings. The highest BCUT2D eigenvalue weighted by Crippen LogP contribution is 2.20. The largest absolute Gasteiger partial charge is 0.377 e. The van der Waals surface area contributed by atoms with E-state index in [0.29, 0.717) is 6.54 Å². The number of hydrogen-bond donors (Lipinski definition) is 2. The maximum absolute atomic E-state index is 5.37. The average Bonchev–Trinajstić information content (AvgIpc) is 2.35. The van der Waals surface area contributed by atoms with E-state index in [0.717, 1.165) is 23.6 Å². The van der Waals surface area contributed by atoms with Crippen molar-refractivity contribution in [3.63, 3.8) is 0 Å². The van der Waals surface area contributed by atoms with Gasteiger partial charge in [-0.1, -0.05) is 6.92 Å². The third kappa shape index (κ3) is 3.56. The van der Waals surface area contributed by atoms with Crippen LogP contribution in [0.25, 0.3) is 0 Å². The van der Waals surface area contributed by atoms with Crippen molar-refractivity contribution in [2.75, 3.05) is 31.3 Å². The summed E-state index contributed by atoms with van der Waals surface area (Å²) in [6.07, 6.45) is 2.44. The number of nitrogens with one attached hydrogen (secondary N) is 2. The minimum Gasteiger partial charge on any atom is -0.377 e. The normalized spacial score (nSPS) is 11.4. The molecule has 0 spiro atoms. The maximum Gasteiger partial charge on any atom is 0.134 e. The van der Waals surface area contributed by atoms with Gasteiger partial charge in [-0.05, 0) is 20.3 Å². The second-order valence-electron chi connectivity index (χ2n) is 4.47. The quantitative estimate of drug-likeness (QED) is 0.793. The van der Waals surface area contributed by atoms with Crippen LogP contribution in [-0.4, -0.2) is 36.3 Å². The van der Waals surface area contributed by atoms with Crippen molar-refractivity contribution in [1.82, 2.24) is 9.97 Å². The Morgan fingerprint density at radius 2 is 1.94 bits per heavy atom. The molecule has 2 N–H and O–H groups in total. The van der Waals surface area contributed by atoms with Gasteiger partial charge in [-0.25, -0.2) is 9.97 Å². The van der Waals surface area contributed by atoms with E-state index in [4.69, 9.17) is 4.74 Å². The number of ether oxygens (including phenoxy) is 1. The molecule has 0 aliphatic carbocycles. The van der Waals surface area contributed by atoms with Gasteiger partial charge in [0.15, 0.2) is 0 Å². The first kappa shape index (κ1) is 13.7. The first-order valence-electron chi connectivity index (χ1n) is 5.84. The molecule has 0 bridgehead atoms. The molecule has 96 valence electrons. The van der Waals surface area contributed by atoms with Gasteiger partial charge in [0.25, 0.3) is 0 Å². The Balaban J connectivity index is 2.84. The van der Waals surface area contributed by atoms with Crippen LogP contribution in [-0.2, 0) is 11.2 Å². The average molecular weight is 238 g/mol. The molecule has 1 aromatic rings. The standard InChI is InChI=1S/C12H22N4O/c1-6-9-10(13-4)15-8-16-11(9)14-7-12(2,3)17-5/h8H,6-7H2,1-5H3,(H2,13,14,15,16). The minimum atomic E-state index is -0.213. The zero-order chi connectivity index (χ0) is 12.9. The molecule has 0 amide bonds. The van der Waals surface area contributed by atoms with Gasteiger partial charge in [-0.2, -0.15) is 0 Å². The monoisotopic (exact) mass is 238 g/mol. The molecule has 0 aromatic carbocycles. The summed E-state index contributed by atoms with van der Waals surface area (Å²) < 4.78 is 5.37. The van der Waals surface area contributed by atoms with E-state index in [1.54, 1.807) is 13.4 Å². The molecule has 17 heavy (non-hydrogen) atoms. The molecule has 1 rings (SSSR count). The van der Waals surface area contributed by atoms with Crippen LogP contribution in [0.15, 0.2) is 6.33 Å². The van der Waals surface area contributed by atoms with Gasteiger partial charge in [0.1, 0.15) is 18.0 Å². The van der Waals surface area contributed by atoms with Crippen molar-refractivity contribution in [2.45, 2.75) is 32.8 Å². The van der Waals surface area contributed by atoms with Crippen LogP contribution in [0.4, 0.5) is 11.6 Å². The van der Waals surface area contributed by atoms with Crippen LogP contribution in [0.5, 0.6) is 0 Å². The predicted molar refractivity (Wildman–Crippen MR) is 70.5 cm³/mol. The van der Waals surface area contributed by atoms with Crippen molar-refractivity contribution in [1.29, 1.82) is 0 Å². The van der Waals surface area contributed by atoms with E-state index in [9.17, 15) is 0 Å². The van der Waals surface area contributed by atoms with Gasteiger partial charge < -0.3 is 15.4 Å². The molecule has 0 fully saturated rings. The number of rotatable bonds is 6. The molecule has 5 nitrogen and oxygen atoms in total. The van der Waals surface area contributed by atoms with Gasteiger partial charge in [0.05, 0.1) is 5.60 Å². The third-order valence-corrected chi connectivity index (χ3v) is 2.77. The molecular weight excluding hydrogens is 216 g/mol. The van der Waals surface area contributed by atoms with E-state index in [1.807, 2.05) is 20.9 Å². The summed E-state index contributed by atoms with van der Waals surface area (Å²) in [5, 5.41) is 6.39. The van der Waals surface area contributed by atoms with Crippen molar-refractivity contribution in [3.05, 3.63) is 11.9 Å². The van der Waals surface area contributed by atoms with E-state index in [-0.39, 0.29) is 5.60 Å². The number of hydrogen-bond acceptors (Lipinski definition) is 5. The Morgan fingerprint density at radius 1 is 1.29 bits per heavy atom. The highest BCUT2D eigenvalue weighted by molar-refractivity contribution is 5.57. The van der Waals surface area contributed by atoms with Crippen LogP contribution < -0.4 is 10.6 Å². The molecule has 0 saturated carbocycles. The molecule has 0 saturated heterocycles. The Kier molecular flexibility index (Phi) is 4.69. The van der Waals surface area contributed by atoms with Crippen LogP contribution in [0.3, 0.4) is 0 Å². The van der Waals surface area contributed by atoms with Gasteiger partial charge in [-0.3, -0.25) is 0 Å². The van der Waals surface area contributed by atoms with E-state index in [2.05, 4.69) is 27.5 Å². The smallest absolute Gasteiger partial charge is 0.134 e. The van der Waals surface area contributed by atoms with Crippen molar-refractivity contribution in [3.8, 4) is 0 Å². The fourth-order valence-electron chi connectivity index (χ4n) is 1.48. The Morgan fingerprint density at radius 3 is 2.47 bits per heavy atom. The maximum atomic E-state index is 5.37. The number of anilines is 2. The zero-order valence-corrected chi connectivity index (χ0v) is 11.3. The van der Waals surface area contributed by atoms with E-state index in [1.165, 1.54) is 0 Å². The van der Waals surface area contributed by atoms with Gasteiger partial charge in [-0.15, -0.1) is 0 Å². The number of methoxy groups -OCH3 is 1. The summed E-state index contributed by atoms with van der Waals surface area (Å²) >= 11 is 0. The first-order chi connectivity index (χ1) is 8.04. The van der Waals surface area contributed by atoms with Crippen molar-refractivity contribution in [2.24, 2.45) is 0 Å². The first-order valence-corrected chi connectivity index (χ1v) is 5.84. The summed E-state index contributed by atoms with van der Waals surface area (Å²) in [4.78, 5) is 8.48. The van der Waals surface area contributed by atoms with Crippen LogP contribution >= 0.6 is 0 Å². The molecule has 1 heterocycles. The summed E-state index contributed by atoms with van der Waals surface area (Å²) in [5.41, 5.74) is 0.886. The molecule has 1 aromatic heterocycles. The Labute approximate surface area is 103 Å². The lowest BCUT2D eigenvalue weighted by atomic mass is 10.1. The SMILES string of the molecule is CCc1c(NC)ncnc1NCC(C)(C)OC. The van der Waals surface area contributed by atoms with Gasteiger partial charge >= 0.3 is 0 Å². The summed E-state index contributed by atoms with van der Waals surface area (Å²) in [6, 6.07) is 0. The van der Waals surface area contributed by atoms with Gasteiger partial charge in [0, 0.05) is 26.3 Å². The molecule has 5 heteroatoms. The van der Waals surface area contributed by atoms with Crippen LogP contribution in [0.1, 0.15) is 26.3 Å². The number of nitrogens with zero attached hydrogens (tertiary/aromatic N) is 2. The molecule has 0 aliphatic heterocycles. The highest BCUT2D eigenvalue weighted by atomic mass is 16.5. The summed E-state index contributed by atoms with van der Waals surface area (Å²) in [6.45, 7) is 6.86. The van der Waals surface area contributed by atoms with Crippen molar-refractivity contribution >= 4 is 11.6 Å². The lowest BCUT2D eigenvalue weighted by Gasteiger charge is -2.24. The number of aromatic nitrogens is 2. The van der Waals surface area contributed by atoms with Crippen LogP contribution in [0, 0.1) is 0 Å². The second kappa shape index (κ2) is 5.82. The lowest BCUT2D eigenvalue weighted by Crippen LogP contribution is -2.32. The lowest BCUT2D eigenvalue weighted by molar-refractivity contribution is 0.0343. The topological polar surface area (TPSA) is 59.1 Å². The van der Waals surface area contributed by atoms with E-state index >= 15 is 0 Å². The molecule has 0 unspecified atom stereocenters. The van der Waals surface area contributed by atoms with E-state index < -0.39 is 0 Å². The second-order valence-corrected chi connectivity index (χ2v) is 4.47. The molecular formula is C12H22N4O. The molecule has 0 atom stereocenters. The Hall–Kier alpha value is -1.36. The van der Waals surface area contributed by atoms with Gasteiger partial charge in [0.2, 0.25) is 0 Å². The molecule has 0 radical (unpaired) electrons.